The summed E-state index contributed by atoms with van der Waals surface area (Å²) in [4.78, 5) is 9.94. The van der Waals surface area contributed by atoms with Crippen molar-refractivity contribution >= 4 is 68.2 Å². The molecule has 0 radical (unpaired) electrons. The molecule has 0 amide bonds. The van der Waals surface area contributed by atoms with Crippen LogP contribution in [0.1, 0.15) is 188 Å². The molecule has 0 N–H and O–H groups in total. The van der Waals surface area contributed by atoms with Gasteiger partial charge in [0.2, 0.25) is 0 Å². The van der Waals surface area contributed by atoms with Gasteiger partial charge in [-0.2, -0.15) is 0 Å². The summed E-state index contributed by atoms with van der Waals surface area (Å²) in [5.41, 5.74) is 52.2. The lowest BCUT2D eigenvalue weighted by molar-refractivity contribution is 0.425. The molecule has 4 heteroatoms. The fourth-order valence-electron chi connectivity index (χ4n) is 27.1. The maximum Gasteiger partial charge on any atom is 0.0540 e. The summed E-state index contributed by atoms with van der Waals surface area (Å²) in [6.07, 6.45) is 1.99. The van der Waals surface area contributed by atoms with Crippen LogP contribution in [-0.4, -0.2) is 0 Å². The molecule has 0 saturated heterocycles. The normalized spacial score (nSPS) is 16.9. The molecule has 0 fully saturated rings. The van der Waals surface area contributed by atoms with Gasteiger partial charge in [-0.25, -0.2) is 0 Å². The molecule has 0 saturated carbocycles. The Labute approximate surface area is 874 Å². The van der Waals surface area contributed by atoms with Crippen LogP contribution in [-0.2, 0) is 43.3 Å². The van der Waals surface area contributed by atoms with Crippen molar-refractivity contribution in [2.75, 3.05) is 19.6 Å². The Morgan fingerprint density at radius 1 is 0.142 bits per heavy atom. The standard InChI is InChI=1S/2C72H62N2/c1-69(2)47-72(7,50-34-36-51(37-35-50)73(67-32-20-16-26-55(67)48-22-10-8-11-23-48)52-38-41-59-57-28-14-18-30-61(57)70(3,4)64(59)44-52)66-46-54(40-43-63(66)69)74(68-33-21-17-27-56(68)49-24-12-9-13-25-49)53-39-42-60-58-29-15-19-31-62(58)71(5,6)65(60)45-53;1-69(2)47-72(7,52-30-36-55(37-31-52)73(53-32-26-50(27-33-53)48-18-10-8-11-19-48)56-38-41-61-59-22-14-16-24-63(59)70(3,4)66(61)44-56)68-46-58(40-43-65(68)69)74(54-34-28-51(29-35-54)49-20-12-9-13-21-49)57-39-42-62-60-23-15-17-25-64(60)71(5,6)67(62)45-57/h2*8-46H,47H2,1-7H3. The smallest absolute Gasteiger partial charge is 0.0540 e. The summed E-state index contributed by atoms with van der Waals surface area (Å²) >= 11 is 0. The van der Waals surface area contributed by atoms with Gasteiger partial charge in [-0.05, 0) is 313 Å². The minimum absolute atomic E-state index is 0.0336. The number of fused-ring (bicyclic) bond motifs is 14. The monoisotopic (exact) mass is 1910 g/mol. The fraction of sp³-hybridized carbons (Fsp3) is 0.167. The first-order chi connectivity index (χ1) is 71.6. The molecule has 6 aliphatic carbocycles. The molecule has 6 aliphatic rings. The number of rotatable bonds is 18. The number of hydrogen-bond donors (Lipinski definition) is 0. The Balaban J connectivity index is 0.000000154. The minimum Gasteiger partial charge on any atom is -0.310 e. The average Bonchev–Trinajstić information content (AvgIpc) is 1.56. The van der Waals surface area contributed by atoms with Crippen molar-refractivity contribution in [1.29, 1.82) is 0 Å². The molecule has 0 spiro atoms. The van der Waals surface area contributed by atoms with E-state index in [1.165, 1.54) is 167 Å². The van der Waals surface area contributed by atoms with Crippen molar-refractivity contribution in [3.63, 3.8) is 0 Å². The van der Waals surface area contributed by atoms with Crippen molar-refractivity contribution in [3.8, 4) is 89.0 Å². The number of hydrogen-bond acceptors (Lipinski definition) is 4. The number of nitrogens with zero attached hydrogens (tertiary/aromatic N) is 4. The maximum atomic E-state index is 2.53. The van der Waals surface area contributed by atoms with Gasteiger partial charge in [-0.1, -0.05) is 437 Å². The second kappa shape index (κ2) is 35.2. The van der Waals surface area contributed by atoms with E-state index in [2.05, 4.69) is 590 Å². The molecule has 0 aromatic heterocycles. The van der Waals surface area contributed by atoms with E-state index in [1.807, 2.05) is 0 Å². The van der Waals surface area contributed by atoms with Gasteiger partial charge < -0.3 is 19.6 Å². The van der Waals surface area contributed by atoms with Crippen molar-refractivity contribution in [1.82, 2.24) is 0 Å². The molecule has 148 heavy (non-hydrogen) atoms. The van der Waals surface area contributed by atoms with E-state index in [0.717, 1.165) is 81.1 Å². The fourth-order valence-corrected chi connectivity index (χ4v) is 27.1. The predicted molar refractivity (Wildman–Crippen MR) is 625 cm³/mol. The van der Waals surface area contributed by atoms with E-state index >= 15 is 0 Å². The van der Waals surface area contributed by atoms with Crippen LogP contribution < -0.4 is 19.6 Å². The quantitative estimate of drug-likeness (QED) is 0.0849. The summed E-state index contributed by atoms with van der Waals surface area (Å²) in [7, 11) is 0. The van der Waals surface area contributed by atoms with Crippen LogP contribution in [0.4, 0.5) is 68.2 Å². The molecular formula is C144H124N4. The number of benzene rings is 20. The van der Waals surface area contributed by atoms with Crippen LogP contribution in [0.5, 0.6) is 0 Å². The third-order valence-electron chi connectivity index (χ3n) is 34.5. The summed E-state index contributed by atoms with van der Waals surface area (Å²) in [6.45, 7) is 33.7. The molecule has 0 aliphatic heterocycles. The molecule has 20 aromatic carbocycles. The van der Waals surface area contributed by atoms with Gasteiger partial charge >= 0.3 is 0 Å². The van der Waals surface area contributed by atoms with Gasteiger partial charge in [0.15, 0.2) is 0 Å². The minimum atomic E-state index is -0.268. The second-order valence-corrected chi connectivity index (χ2v) is 45.9. The van der Waals surface area contributed by atoms with Gasteiger partial charge in [0.1, 0.15) is 0 Å². The molecule has 2 atom stereocenters. The second-order valence-electron chi connectivity index (χ2n) is 45.9. The van der Waals surface area contributed by atoms with Gasteiger partial charge in [-0.3, -0.25) is 0 Å². The summed E-state index contributed by atoms with van der Waals surface area (Å²) in [5.74, 6) is 0. The van der Waals surface area contributed by atoms with E-state index < -0.39 is 0 Å². The Kier molecular flexibility index (Phi) is 22.1. The highest BCUT2D eigenvalue weighted by molar-refractivity contribution is 5.96. The molecule has 720 valence electrons. The van der Waals surface area contributed by atoms with E-state index in [1.54, 1.807) is 0 Å². The molecule has 0 bridgehead atoms. The molecule has 2 unspecified atom stereocenters. The Bertz CT molecular complexity index is 8580. The molecule has 4 nitrogen and oxygen atoms in total. The Hall–Kier alpha value is -16.4. The lowest BCUT2D eigenvalue weighted by atomic mass is 9.75. The van der Waals surface area contributed by atoms with Crippen LogP contribution in [0.15, 0.2) is 473 Å². The molecular weight excluding hydrogens is 1790 g/mol. The summed E-state index contributed by atoms with van der Waals surface area (Å²) in [5, 5.41) is 0. The van der Waals surface area contributed by atoms with Gasteiger partial charge in [0.25, 0.3) is 0 Å². The largest absolute Gasteiger partial charge is 0.310 e. The molecule has 20 aromatic rings. The maximum absolute atomic E-state index is 2.53. The third kappa shape index (κ3) is 15.2. The van der Waals surface area contributed by atoms with Gasteiger partial charge in [0.05, 0.1) is 11.4 Å². The lowest BCUT2D eigenvalue weighted by Crippen LogP contribution is -2.24. The van der Waals surface area contributed by atoms with Crippen LogP contribution >= 0.6 is 0 Å². The first-order valence-corrected chi connectivity index (χ1v) is 52.9. The van der Waals surface area contributed by atoms with Crippen molar-refractivity contribution in [2.45, 2.75) is 153 Å². The van der Waals surface area contributed by atoms with Gasteiger partial charge in [0, 0.05) is 100 Å². The topological polar surface area (TPSA) is 13.0 Å². The average molecular weight is 1910 g/mol. The van der Waals surface area contributed by atoms with Crippen LogP contribution in [0, 0.1) is 0 Å². The first-order valence-electron chi connectivity index (χ1n) is 52.9. The van der Waals surface area contributed by atoms with Crippen molar-refractivity contribution in [2.24, 2.45) is 0 Å². The van der Waals surface area contributed by atoms with E-state index in [0.29, 0.717) is 0 Å². The van der Waals surface area contributed by atoms with E-state index in [4.69, 9.17) is 0 Å². The third-order valence-corrected chi connectivity index (χ3v) is 34.5. The zero-order valence-electron chi connectivity index (χ0n) is 87.2. The highest BCUT2D eigenvalue weighted by Gasteiger charge is 2.50. The first kappa shape index (κ1) is 92.7. The summed E-state index contributed by atoms with van der Waals surface area (Å²) < 4.78 is 0. The Morgan fingerprint density at radius 2 is 0.345 bits per heavy atom. The SMILES string of the molecule is CC1(C)CC(C)(c2ccc(N(c3ccc(-c4ccccc4)cc3)c3ccc4c(c3)C(C)(C)c3ccccc3-4)cc2)c2cc(N(c3ccc(-c4ccccc4)cc3)c3ccc4c(c3)C(C)(C)c3ccccc3-4)ccc21.CC1(C)CC(C)(c2ccc(N(c3ccc4c(c3)C(C)(C)c3ccccc3-4)c3ccccc3-c3ccccc3)cc2)c2cc(N(c3ccc4c(c3)C(C)(C)c3ccccc3-4)c3ccccc3-c3ccccc3)ccc21. The van der Waals surface area contributed by atoms with E-state index in [9.17, 15) is 0 Å². The summed E-state index contributed by atoms with van der Waals surface area (Å²) in [6, 6.07) is 177. The zero-order valence-corrected chi connectivity index (χ0v) is 87.2. The van der Waals surface area contributed by atoms with Crippen LogP contribution in [0.25, 0.3) is 89.0 Å². The van der Waals surface area contributed by atoms with Crippen molar-refractivity contribution in [3.05, 3.63) is 551 Å². The highest BCUT2D eigenvalue weighted by Crippen LogP contribution is 2.62. The van der Waals surface area contributed by atoms with E-state index in [-0.39, 0.29) is 43.3 Å². The Morgan fingerprint density at radius 3 is 0.649 bits per heavy atom. The number of para-hydroxylation sites is 2. The van der Waals surface area contributed by atoms with Gasteiger partial charge in [-0.15, -0.1) is 0 Å². The molecule has 0 heterocycles. The lowest BCUT2D eigenvalue weighted by Gasteiger charge is -2.33. The van der Waals surface area contributed by atoms with Crippen molar-refractivity contribution < 1.29 is 0 Å². The van der Waals surface area contributed by atoms with Crippen LogP contribution in [0.3, 0.4) is 0 Å². The highest BCUT2D eigenvalue weighted by atomic mass is 15.2. The zero-order chi connectivity index (χ0) is 101. The molecule has 26 rings (SSSR count). The predicted octanol–water partition coefficient (Wildman–Crippen LogP) is 39.1. The number of anilines is 12. The van der Waals surface area contributed by atoms with Crippen LogP contribution in [0.2, 0.25) is 0 Å².